The first-order valence-corrected chi connectivity index (χ1v) is 15.7. The summed E-state index contributed by atoms with van der Waals surface area (Å²) in [4.78, 5) is 66.0. The first kappa shape index (κ1) is 36.7. The average molecular weight is 616 g/mol. The van der Waals surface area contributed by atoms with E-state index in [0.717, 1.165) is 5.56 Å². The number of epoxide rings is 1. The minimum absolute atomic E-state index is 0.0598. The number of nitrogens with one attached hydrogen (secondary N) is 5. The van der Waals surface area contributed by atoms with Crippen LogP contribution in [0.3, 0.4) is 0 Å². The van der Waals surface area contributed by atoms with Gasteiger partial charge in [-0.2, -0.15) is 0 Å². The molecule has 0 radical (unpaired) electrons. The van der Waals surface area contributed by atoms with Gasteiger partial charge in [-0.25, -0.2) is 4.79 Å². The van der Waals surface area contributed by atoms with Crippen molar-refractivity contribution in [1.82, 2.24) is 26.6 Å². The fourth-order valence-electron chi connectivity index (χ4n) is 4.85. The summed E-state index contributed by atoms with van der Waals surface area (Å²) in [5, 5.41) is 13.9. The van der Waals surface area contributed by atoms with Gasteiger partial charge in [0.05, 0.1) is 12.6 Å². The average Bonchev–Trinajstić information content (AvgIpc) is 3.70. The van der Waals surface area contributed by atoms with Gasteiger partial charge in [0, 0.05) is 6.54 Å². The van der Waals surface area contributed by atoms with Gasteiger partial charge in [0.2, 0.25) is 17.7 Å². The molecule has 5 N–H and O–H groups in total. The third-order valence-corrected chi connectivity index (χ3v) is 7.56. The maximum Gasteiger partial charge on any atom is 0.316 e. The fraction of sp³-hybridized carbons (Fsp3) is 0.667. The third kappa shape index (κ3) is 11.6. The summed E-state index contributed by atoms with van der Waals surface area (Å²) in [6, 6.07) is 5.30. The molecule has 0 aromatic heterocycles. The molecule has 1 aliphatic rings. The molecule has 1 fully saturated rings. The number of amides is 5. The van der Waals surface area contributed by atoms with Crippen LogP contribution < -0.4 is 26.6 Å². The van der Waals surface area contributed by atoms with E-state index >= 15 is 0 Å². The van der Waals surface area contributed by atoms with Crippen molar-refractivity contribution in [2.45, 2.75) is 111 Å². The van der Waals surface area contributed by atoms with Gasteiger partial charge in [0.25, 0.3) is 0 Å². The van der Waals surface area contributed by atoms with Crippen molar-refractivity contribution in [3.05, 3.63) is 35.9 Å². The predicted octanol–water partition coefficient (Wildman–Crippen LogP) is 3.07. The van der Waals surface area contributed by atoms with Crippen molar-refractivity contribution in [3.63, 3.8) is 0 Å². The van der Waals surface area contributed by atoms with Gasteiger partial charge in [-0.05, 0) is 49.0 Å². The molecule has 2 rings (SSSR count). The summed E-state index contributed by atoms with van der Waals surface area (Å²) in [5.41, 5.74) is 0.0370. The fourth-order valence-corrected chi connectivity index (χ4v) is 4.85. The van der Waals surface area contributed by atoms with E-state index in [0.29, 0.717) is 26.0 Å². The number of urea groups is 1. The molecule has 44 heavy (non-hydrogen) atoms. The second-order valence-corrected chi connectivity index (χ2v) is 13.5. The Morgan fingerprint density at radius 2 is 1.18 bits per heavy atom. The number of benzene rings is 1. The molecule has 11 nitrogen and oxygen atoms in total. The van der Waals surface area contributed by atoms with Crippen molar-refractivity contribution < 1.29 is 28.7 Å². The second-order valence-electron chi connectivity index (χ2n) is 13.5. The lowest BCUT2D eigenvalue weighted by atomic mass is 9.92. The molecule has 1 aromatic rings. The third-order valence-electron chi connectivity index (χ3n) is 7.56. The predicted molar refractivity (Wildman–Crippen MR) is 169 cm³/mol. The Kier molecular flexibility index (Phi) is 13.8. The lowest BCUT2D eigenvalue weighted by Crippen LogP contribution is -2.60. The van der Waals surface area contributed by atoms with Crippen molar-refractivity contribution >= 4 is 29.5 Å². The smallest absolute Gasteiger partial charge is 0.316 e. The summed E-state index contributed by atoms with van der Waals surface area (Å²) in [5.74, 6) is -1.85. The molecule has 1 aliphatic heterocycles. The van der Waals surface area contributed by atoms with Crippen molar-refractivity contribution in [2.75, 3.05) is 6.61 Å². The maximum absolute atomic E-state index is 13.5. The maximum atomic E-state index is 13.5. The van der Waals surface area contributed by atoms with Crippen LogP contribution in [-0.2, 0) is 30.5 Å². The molecule has 5 atom stereocenters. The van der Waals surface area contributed by atoms with Gasteiger partial charge in [-0.3, -0.25) is 19.2 Å². The van der Waals surface area contributed by atoms with Crippen LogP contribution in [0.4, 0.5) is 4.79 Å². The van der Waals surface area contributed by atoms with Crippen LogP contribution in [0.2, 0.25) is 0 Å². The largest absolute Gasteiger partial charge is 0.361 e. The molecule has 5 amide bonds. The van der Waals surface area contributed by atoms with E-state index in [9.17, 15) is 24.0 Å². The zero-order valence-electron chi connectivity index (χ0n) is 27.8. The summed E-state index contributed by atoms with van der Waals surface area (Å²) in [6.45, 7) is 17.4. The highest BCUT2D eigenvalue weighted by atomic mass is 16.6. The van der Waals surface area contributed by atoms with E-state index in [1.165, 1.54) is 0 Å². The molecule has 1 heterocycles. The molecule has 0 saturated carbocycles. The van der Waals surface area contributed by atoms with E-state index in [-0.39, 0.29) is 35.4 Å². The Balaban J connectivity index is 2.09. The Hall–Kier alpha value is -3.47. The second kappa shape index (κ2) is 16.6. The van der Waals surface area contributed by atoms with Crippen LogP contribution in [0.15, 0.2) is 30.3 Å². The van der Waals surface area contributed by atoms with Crippen molar-refractivity contribution in [2.24, 2.45) is 23.7 Å². The lowest BCUT2D eigenvalue weighted by molar-refractivity contribution is -0.134. The van der Waals surface area contributed by atoms with Crippen LogP contribution >= 0.6 is 0 Å². The van der Waals surface area contributed by atoms with E-state index in [1.807, 2.05) is 71.9 Å². The quantitative estimate of drug-likeness (QED) is 0.170. The Morgan fingerprint density at radius 3 is 1.66 bits per heavy atom. The van der Waals surface area contributed by atoms with Crippen LogP contribution in [0, 0.1) is 23.7 Å². The molecule has 1 saturated heterocycles. The number of carbonyl (C=O) groups excluding carboxylic acids is 5. The minimum atomic E-state index is -0.982. The molecule has 0 unspecified atom stereocenters. The Morgan fingerprint density at radius 1 is 0.705 bits per heavy atom. The SMILES string of the molecule is CC(C)C[C@H](NC(=O)[C@@H](NC(=O)N[C@@H](C(=O)NCc1ccccc1)C(C)C)C(C)C)C(=O)N[C@@H](CC(C)C)C(=O)[C@@]1(C)CO1. The number of ether oxygens (including phenoxy) is 1. The zero-order chi connectivity index (χ0) is 33.2. The summed E-state index contributed by atoms with van der Waals surface area (Å²) in [6.07, 6.45) is 0.778. The molecule has 0 aliphatic carbocycles. The lowest BCUT2D eigenvalue weighted by Gasteiger charge is -2.29. The molecular weight excluding hydrogens is 562 g/mol. The zero-order valence-corrected chi connectivity index (χ0v) is 27.8. The standard InChI is InChI=1S/C33H53N5O6/c1-19(2)15-24(28(39)33(9)18-44-33)35-29(40)25(16-20(3)4)36-31(42)27(22(7)8)38-32(43)37-26(21(5)6)30(41)34-17-23-13-11-10-12-14-23/h10-14,19-22,24-27H,15-18H2,1-9H3,(H,34,41)(H,35,40)(H,36,42)(H2,37,38,43)/t24-,25-,26+,27-,33+/m0/s1. The number of ketones is 1. The van der Waals surface area contributed by atoms with Gasteiger partial charge in [0.15, 0.2) is 5.78 Å². The highest BCUT2D eigenvalue weighted by Crippen LogP contribution is 2.29. The summed E-state index contributed by atoms with van der Waals surface area (Å²) < 4.78 is 5.34. The molecule has 11 heteroatoms. The van der Waals surface area contributed by atoms with Gasteiger partial charge >= 0.3 is 6.03 Å². The Bertz CT molecular complexity index is 1130. The topological polar surface area (TPSA) is 158 Å². The van der Waals surface area contributed by atoms with E-state index in [2.05, 4.69) is 26.6 Å². The van der Waals surface area contributed by atoms with Gasteiger partial charge in [-0.1, -0.05) is 85.7 Å². The number of hydrogen-bond acceptors (Lipinski definition) is 6. The van der Waals surface area contributed by atoms with Crippen LogP contribution in [0.5, 0.6) is 0 Å². The monoisotopic (exact) mass is 615 g/mol. The van der Waals surface area contributed by atoms with Gasteiger partial charge in [-0.15, -0.1) is 0 Å². The number of carbonyl (C=O) groups is 5. The van der Waals surface area contributed by atoms with Gasteiger partial charge < -0.3 is 31.3 Å². The molecule has 0 spiro atoms. The van der Waals surface area contributed by atoms with Crippen molar-refractivity contribution in [1.29, 1.82) is 0 Å². The normalized spacial score (nSPS) is 18.8. The number of hydrogen-bond donors (Lipinski definition) is 5. The molecule has 246 valence electrons. The first-order chi connectivity index (χ1) is 20.5. The van der Waals surface area contributed by atoms with E-state index < -0.39 is 47.6 Å². The first-order valence-electron chi connectivity index (χ1n) is 15.7. The number of Topliss-reactive ketones (excluding diaryl/α,β-unsaturated/α-hetero) is 1. The van der Waals surface area contributed by atoms with E-state index in [1.54, 1.807) is 20.8 Å². The van der Waals surface area contributed by atoms with Crippen molar-refractivity contribution in [3.8, 4) is 0 Å². The van der Waals surface area contributed by atoms with Crippen LogP contribution in [0.1, 0.15) is 80.7 Å². The minimum Gasteiger partial charge on any atom is -0.361 e. The number of rotatable bonds is 17. The highest BCUT2D eigenvalue weighted by molar-refractivity contribution is 5.98. The van der Waals surface area contributed by atoms with Crippen LogP contribution in [0.25, 0.3) is 0 Å². The summed E-state index contributed by atoms with van der Waals surface area (Å²) >= 11 is 0. The Labute approximate surface area is 262 Å². The molecule has 0 bridgehead atoms. The summed E-state index contributed by atoms with van der Waals surface area (Å²) in [7, 11) is 0. The van der Waals surface area contributed by atoms with Crippen LogP contribution in [-0.4, -0.2) is 65.9 Å². The molecular formula is C33H53N5O6. The van der Waals surface area contributed by atoms with E-state index in [4.69, 9.17) is 4.74 Å². The highest BCUT2D eigenvalue weighted by Gasteiger charge is 2.50. The van der Waals surface area contributed by atoms with Gasteiger partial charge in [0.1, 0.15) is 23.7 Å². The molecule has 1 aromatic carbocycles.